The first-order valence-electron chi connectivity index (χ1n) is 7.62. The number of halogens is 2. The Morgan fingerprint density at radius 2 is 2.04 bits per heavy atom. The van der Waals surface area contributed by atoms with Gasteiger partial charge in [0.05, 0.1) is 12.7 Å². The van der Waals surface area contributed by atoms with Crippen LogP contribution in [-0.4, -0.2) is 15.7 Å². The zero-order valence-corrected chi connectivity index (χ0v) is 14.8. The van der Waals surface area contributed by atoms with Gasteiger partial charge >= 0.3 is 0 Å². The average Bonchev–Trinajstić information content (AvgIpc) is 3.02. The topological polar surface area (TPSA) is 46.9 Å². The molecule has 0 aliphatic rings. The van der Waals surface area contributed by atoms with Crippen LogP contribution in [0.2, 0.25) is 0 Å². The molecule has 126 valence electrons. The monoisotopic (exact) mass is 399 g/mol. The van der Waals surface area contributed by atoms with Crippen molar-refractivity contribution in [2.24, 2.45) is 0 Å². The molecule has 2 aromatic carbocycles. The summed E-state index contributed by atoms with van der Waals surface area (Å²) >= 11 is 3.50. The summed E-state index contributed by atoms with van der Waals surface area (Å²) in [5.41, 5.74) is 1.67. The Kier molecular flexibility index (Phi) is 5.40. The minimum absolute atomic E-state index is 0.307. The van der Waals surface area contributed by atoms with Crippen LogP contribution in [0.4, 0.5) is 10.2 Å². The molecule has 3 rings (SSSR count). The molecule has 1 heterocycles. The molecule has 1 amide bonds. The van der Waals surface area contributed by atoms with E-state index < -0.39 is 0 Å². The summed E-state index contributed by atoms with van der Waals surface area (Å²) in [6.45, 7) is 0.525. The fourth-order valence-electron chi connectivity index (χ4n) is 2.30. The summed E-state index contributed by atoms with van der Waals surface area (Å²) < 4.78 is 15.8. The number of hydrogen-bond donors (Lipinski definition) is 1. The Labute approximate surface area is 153 Å². The Morgan fingerprint density at radius 3 is 2.84 bits per heavy atom. The number of benzene rings is 2. The maximum absolute atomic E-state index is 13.1. The number of hydrogen-bond acceptors (Lipinski definition) is 2. The van der Waals surface area contributed by atoms with E-state index in [1.807, 2.05) is 24.3 Å². The molecule has 0 saturated heterocycles. The molecule has 6 heteroatoms. The maximum Gasteiger partial charge on any atom is 0.249 e. The zero-order chi connectivity index (χ0) is 17.6. The SMILES string of the molecule is O=C(C=Cc1cccc(F)c1)Nc1ccnn1Cc1ccccc1Br. The van der Waals surface area contributed by atoms with Crippen LogP contribution in [0.25, 0.3) is 6.08 Å². The third-order valence-electron chi connectivity index (χ3n) is 3.52. The second-order valence-electron chi connectivity index (χ2n) is 5.34. The Bertz CT molecular complexity index is 920. The smallest absolute Gasteiger partial charge is 0.249 e. The normalized spacial score (nSPS) is 11.0. The predicted octanol–water partition coefficient (Wildman–Crippen LogP) is 4.48. The molecular formula is C19H15BrFN3O. The quantitative estimate of drug-likeness (QED) is 0.642. The van der Waals surface area contributed by atoms with Gasteiger partial charge in [-0.2, -0.15) is 5.10 Å². The van der Waals surface area contributed by atoms with Gasteiger partial charge in [-0.25, -0.2) is 9.07 Å². The molecule has 0 unspecified atom stereocenters. The molecule has 0 spiro atoms. The van der Waals surface area contributed by atoms with Gasteiger partial charge < -0.3 is 5.32 Å². The highest BCUT2D eigenvalue weighted by Crippen LogP contribution is 2.18. The summed E-state index contributed by atoms with van der Waals surface area (Å²) in [6.07, 6.45) is 4.56. The van der Waals surface area contributed by atoms with Crippen LogP contribution in [0, 0.1) is 5.82 Å². The lowest BCUT2D eigenvalue weighted by molar-refractivity contribution is -0.111. The largest absolute Gasteiger partial charge is 0.307 e. The van der Waals surface area contributed by atoms with Crippen molar-refractivity contribution in [3.8, 4) is 0 Å². The summed E-state index contributed by atoms with van der Waals surface area (Å²) in [7, 11) is 0. The van der Waals surface area contributed by atoms with Crippen molar-refractivity contribution in [1.82, 2.24) is 9.78 Å². The highest BCUT2D eigenvalue weighted by atomic mass is 79.9. The van der Waals surface area contributed by atoms with E-state index >= 15 is 0 Å². The number of nitrogens with one attached hydrogen (secondary N) is 1. The van der Waals surface area contributed by atoms with Gasteiger partial charge in [-0.15, -0.1) is 0 Å². The van der Waals surface area contributed by atoms with Crippen LogP contribution >= 0.6 is 15.9 Å². The number of amides is 1. The maximum atomic E-state index is 13.1. The fourth-order valence-corrected chi connectivity index (χ4v) is 2.71. The molecule has 3 aromatic rings. The van der Waals surface area contributed by atoms with Crippen molar-refractivity contribution in [2.45, 2.75) is 6.54 Å². The first-order chi connectivity index (χ1) is 12.1. The van der Waals surface area contributed by atoms with Crippen LogP contribution in [0.15, 0.2) is 71.3 Å². The van der Waals surface area contributed by atoms with E-state index in [1.165, 1.54) is 18.2 Å². The first-order valence-corrected chi connectivity index (χ1v) is 8.41. The third kappa shape index (κ3) is 4.64. The standard InChI is InChI=1S/C19H15BrFN3O/c20-17-7-2-1-5-15(17)13-24-18(10-11-22-24)23-19(25)9-8-14-4-3-6-16(21)12-14/h1-12H,13H2,(H,23,25). The van der Waals surface area contributed by atoms with Gasteiger partial charge in [0.25, 0.3) is 0 Å². The number of carbonyl (C=O) groups is 1. The molecule has 4 nitrogen and oxygen atoms in total. The fraction of sp³-hybridized carbons (Fsp3) is 0.0526. The summed E-state index contributed by atoms with van der Waals surface area (Å²) in [5.74, 6) is -0.0585. The van der Waals surface area contributed by atoms with E-state index in [0.29, 0.717) is 17.9 Å². The van der Waals surface area contributed by atoms with Gasteiger partial charge in [-0.1, -0.05) is 46.3 Å². The van der Waals surface area contributed by atoms with Crippen LogP contribution in [-0.2, 0) is 11.3 Å². The van der Waals surface area contributed by atoms with E-state index in [1.54, 1.807) is 35.2 Å². The van der Waals surface area contributed by atoms with E-state index in [0.717, 1.165) is 10.0 Å². The van der Waals surface area contributed by atoms with Gasteiger partial charge in [0.1, 0.15) is 11.6 Å². The van der Waals surface area contributed by atoms with Gasteiger partial charge in [-0.3, -0.25) is 4.79 Å². The van der Waals surface area contributed by atoms with E-state index in [-0.39, 0.29) is 11.7 Å². The van der Waals surface area contributed by atoms with Crippen molar-refractivity contribution in [2.75, 3.05) is 5.32 Å². The third-order valence-corrected chi connectivity index (χ3v) is 4.30. The van der Waals surface area contributed by atoms with Crippen molar-refractivity contribution < 1.29 is 9.18 Å². The molecule has 25 heavy (non-hydrogen) atoms. The molecule has 0 radical (unpaired) electrons. The molecule has 1 N–H and O–H groups in total. The molecule has 0 atom stereocenters. The molecular weight excluding hydrogens is 385 g/mol. The minimum Gasteiger partial charge on any atom is -0.307 e. The van der Waals surface area contributed by atoms with Gasteiger partial charge in [0.2, 0.25) is 5.91 Å². The van der Waals surface area contributed by atoms with E-state index in [4.69, 9.17) is 0 Å². The van der Waals surface area contributed by atoms with Gasteiger partial charge in [0.15, 0.2) is 0 Å². The number of aromatic nitrogens is 2. The summed E-state index contributed by atoms with van der Waals surface area (Å²) in [5, 5.41) is 7.02. The zero-order valence-electron chi connectivity index (χ0n) is 13.2. The number of carbonyl (C=O) groups excluding carboxylic acids is 1. The van der Waals surface area contributed by atoms with Crippen molar-refractivity contribution in [3.63, 3.8) is 0 Å². The number of anilines is 1. The van der Waals surface area contributed by atoms with Crippen LogP contribution in [0.5, 0.6) is 0 Å². The molecule has 0 fully saturated rings. The van der Waals surface area contributed by atoms with Gasteiger partial charge in [-0.05, 0) is 35.4 Å². The van der Waals surface area contributed by atoms with Crippen molar-refractivity contribution >= 4 is 33.7 Å². The molecule has 0 aliphatic heterocycles. The summed E-state index contributed by atoms with van der Waals surface area (Å²) in [4.78, 5) is 12.1. The van der Waals surface area contributed by atoms with Crippen molar-refractivity contribution in [1.29, 1.82) is 0 Å². The average molecular weight is 400 g/mol. The minimum atomic E-state index is -0.339. The lowest BCUT2D eigenvalue weighted by Gasteiger charge is -2.09. The first kappa shape index (κ1) is 17.1. The van der Waals surface area contributed by atoms with Gasteiger partial charge in [0, 0.05) is 16.6 Å². The highest BCUT2D eigenvalue weighted by Gasteiger charge is 2.07. The summed E-state index contributed by atoms with van der Waals surface area (Å²) in [6, 6.07) is 15.6. The second-order valence-corrected chi connectivity index (χ2v) is 6.20. The molecule has 0 aliphatic carbocycles. The second kappa shape index (κ2) is 7.90. The number of rotatable bonds is 5. The van der Waals surface area contributed by atoms with E-state index in [9.17, 15) is 9.18 Å². The lowest BCUT2D eigenvalue weighted by atomic mass is 10.2. The van der Waals surface area contributed by atoms with Crippen LogP contribution < -0.4 is 5.32 Å². The highest BCUT2D eigenvalue weighted by molar-refractivity contribution is 9.10. The Hall–Kier alpha value is -2.73. The molecule has 0 saturated carbocycles. The number of nitrogens with zero attached hydrogens (tertiary/aromatic N) is 2. The Balaban J connectivity index is 1.68. The molecule has 1 aromatic heterocycles. The predicted molar refractivity (Wildman–Crippen MR) is 99.5 cm³/mol. The van der Waals surface area contributed by atoms with E-state index in [2.05, 4.69) is 26.3 Å². The lowest BCUT2D eigenvalue weighted by Crippen LogP contribution is -2.14. The molecule has 0 bridgehead atoms. The van der Waals surface area contributed by atoms with Crippen LogP contribution in [0.3, 0.4) is 0 Å². The Morgan fingerprint density at radius 1 is 1.20 bits per heavy atom. The van der Waals surface area contributed by atoms with Crippen LogP contribution in [0.1, 0.15) is 11.1 Å². The van der Waals surface area contributed by atoms with Crippen molar-refractivity contribution in [3.05, 3.63) is 88.3 Å².